The van der Waals surface area contributed by atoms with E-state index in [2.05, 4.69) is 43.8 Å². The van der Waals surface area contributed by atoms with Gasteiger partial charge in [0.05, 0.1) is 16.1 Å². The van der Waals surface area contributed by atoms with Gasteiger partial charge in [0.25, 0.3) is 0 Å². The Bertz CT molecular complexity index is 879. The first kappa shape index (κ1) is 21.8. The van der Waals surface area contributed by atoms with Crippen LogP contribution < -0.4 is 0 Å². The zero-order valence-corrected chi connectivity index (χ0v) is 19.7. The van der Waals surface area contributed by atoms with E-state index in [0.29, 0.717) is 0 Å². The van der Waals surface area contributed by atoms with Crippen molar-refractivity contribution in [3.05, 3.63) is 41.9 Å². The fourth-order valence-corrected chi connectivity index (χ4v) is 5.59. The fraction of sp³-hybridized carbons (Fsp3) is 0.500. The molecule has 1 amide bonds. The van der Waals surface area contributed by atoms with E-state index in [-0.39, 0.29) is 17.7 Å². The molecule has 1 aliphatic heterocycles. The minimum absolute atomic E-state index is 0.0564. The summed E-state index contributed by atoms with van der Waals surface area (Å²) in [6.45, 7) is 12.6. The maximum atomic E-state index is 13.6. The van der Waals surface area contributed by atoms with E-state index in [0.717, 1.165) is 54.0 Å². The van der Waals surface area contributed by atoms with Crippen LogP contribution in [0.1, 0.15) is 43.0 Å². The van der Waals surface area contributed by atoms with Gasteiger partial charge < -0.3 is 4.90 Å². The van der Waals surface area contributed by atoms with Crippen LogP contribution >= 0.6 is 11.3 Å². The SMILES string of the molecule is C=C[C@H](CCC#C[Si](C)(C)C)[C@H](C(=O)N1CCCCC1)c1nc2ccccc2s1. The summed E-state index contributed by atoms with van der Waals surface area (Å²) in [6, 6.07) is 8.15. The third-order valence-electron chi connectivity index (χ3n) is 5.31. The van der Waals surface area contributed by atoms with Crippen molar-refractivity contribution < 1.29 is 4.79 Å². The molecule has 1 aromatic heterocycles. The summed E-state index contributed by atoms with van der Waals surface area (Å²) in [6.07, 6.45) is 7.01. The molecule has 1 aromatic carbocycles. The summed E-state index contributed by atoms with van der Waals surface area (Å²) in [5, 5.41) is 0.921. The average molecular weight is 425 g/mol. The topological polar surface area (TPSA) is 33.2 Å². The van der Waals surface area contributed by atoms with Gasteiger partial charge >= 0.3 is 0 Å². The lowest BCUT2D eigenvalue weighted by Gasteiger charge is -2.32. The van der Waals surface area contributed by atoms with Crippen LogP contribution in [0.2, 0.25) is 19.6 Å². The number of benzene rings is 1. The number of hydrogen-bond acceptors (Lipinski definition) is 3. The number of carbonyl (C=O) groups excluding carboxylic acids is 1. The van der Waals surface area contributed by atoms with Crippen molar-refractivity contribution in [1.82, 2.24) is 9.88 Å². The Hall–Kier alpha value is -1.90. The number of piperidine rings is 1. The first-order valence-electron chi connectivity index (χ1n) is 10.7. The summed E-state index contributed by atoms with van der Waals surface area (Å²) in [5.74, 6) is 3.38. The third-order valence-corrected chi connectivity index (χ3v) is 7.35. The van der Waals surface area contributed by atoms with Gasteiger partial charge in [-0.2, -0.15) is 0 Å². The second-order valence-corrected chi connectivity index (χ2v) is 14.7. The van der Waals surface area contributed by atoms with Crippen molar-refractivity contribution >= 4 is 35.5 Å². The van der Waals surface area contributed by atoms with E-state index in [4.69, 9.17) is 4.98 Å². The van der Waals surface area contributed by atoms with Gasteiger partial charge in [-0.25, -0.2) is 4.98 Å². The molecule has 0 aliphatic carbocycles. The molecule has 1 fully saturated rings. The van der Waals surface area contributed by atoms with Crippen molar-refractivity contribution in [2.75, 3.05) is 13.1 Å². The van der Waals surface area contributed by atoms with Gasteiger partial charge in [-0.15, -0.1) is 29.4 Å². The second-order valence-electron chi connectivity index (χ2n) is 8.87. The van der Waals surface area contributed by atoms with E-state index >= 15 is 0 Å². The van der Waals surface area contributed by atoms with Crippen LogP contribution in [0, 0.1) is 17.4 Å². The Balaban J connectivity index is 1.88. The minimum atomic E-state index is -1.37. The molecule has 0 spiro atoms. The van der Waals surface area contributed by atoms with Gasteiger partial charge in [0, 0.05) is 19.5 Å². The van der Waals surface area contributed by atoms with Crippen LogP contribution in [-0.2, 0) is 4.79 Å². The number of aromatic nitrogens is 1. The Morgan fingerprint density at radius 3 is 2.66 bits per heavy atom. The van der Waals surface area contributed by atoms with Gasteiger partial charge in [0.2, 0.25) is 5.91 Å². The number of rotatable bonds is 6. The second kappa shape index (κ2) is 9.73. The molecule has 0 unspecified atom stereocenters. The molecule has 0 saturated carbocycles. The molecule has 5 heteroatoms. The van der Waals surface area contributed by atoms with Crippen LogP contribution in [0.3, 0.4) is 0 Å². The van der Waals surface area contributed by atoms with Crippen molar-refractivity contribution in [1.29, 1.82) is 0 Å². The molecular formula is C24H32N2OSSi. The molecule has 1 saturated heterocycles. The lowest BCUT2D eigenvalue weighted by atomic mass is 9.87. The molecule has 0 radical (unpaired) electrons. The zero-order valence-electron chi connectivity index (χ0n) is 17.9. The van der Waals surface area contributed by atoms with Crippen LogP contribution in [0.5, 0.6) is 0 Å². The number of likely N-dealkylation sites (tertiary alicyclic amines) is 1. The first-order chi connectivity index (χ1) is 13.9. The smallest absolute Gasteiger partial charge is 0.233 e. The number of thiazole rings is 1. The van der Waals surface area contributed by atoms with Crippen molar-refractivity contribution in [2.24, 2.45) is 5.92 Å². The van der Waals surface area contributed by atoms with E-state index in [9.17, 15) is 4.79 Å². The summed E-state index contributed by atoms with van der Waals surface area (Å²) in [5.41, 5.74) is 4.42. The van der Waals surface area contributed by atoms with Crippen molar-refractivity contribution in [3.63, 3.8) is 0 Å². The molecule has 0 bridgehead atoms. The predicted molar refractivity (Wildman–Crippen MR) is 127 cm³/mol. The summed E-state index contributed by atoms with van der Waals surface area (Å²) >= 11 is 1.65. The summed E-state index contributed by atoms with van der Waals surface area (Å²) in [7, 11) is -1.37. The van der Waals surface area contributed by atoms with E-state index < -0.39 is 8.07 Å². The van der Waals surface area contributed by atoms with Gasteiger partial charge in [-0.05, 0) is 43.7 Å². The number of allylic oxidation sites excluding steroid dienone is 1. The van der Waals surface area contributed by atoms with Crippen molar-refractivity contribution in [3.8, 4) is 11.5 Å². The number of nitrogens with zero attached hydrogens (tertiary/aromatic N) is 2. The number of amides is 1. The Morgan fingerprint density at radius 1 is 1.28 bits per heavy atom. The third kappa shape index (κ3) is 5.80. The maximum Gasteiger partial charge on any atom is 0.233 e. The molecule has 2 aromatic rings. The van der Waals surface area contributed by atoms with E-state index in [1.54, 1.807) is 11.3 Å². The first-order valence-corrected chi connectivity index (χ1v) is 15.0. The van der Waals surface area contributed by atoms with Crippen LogP contribution in [0.15, 0.2) is 36.9 Å². The zero-order chi connectivity index (χ0) is 20.9. The molecule has 154 valence electrons. The average Bonchev–Trinajstić information content (AvgIpc) is 3.13. The molecule has 3 nitrogen and oxygen atoms in total. The number of hydrogen-bond donors (Lipinski definition) is 0. The number of para-hydroxylation sites is 1. The fourth-order valence-electron chi connectivity index (χ4n) is 3.79. The van der Waals surface area contributed by atoms with Crippen LogP contribution in [0.25, 0.3) is 10.2 Å². The standard InChI is InChI=1S/C24H32N2OSSi/c1-5-19(13-9-12-18-29(2,3)4)22(24(27)26-16-10-6-11-17-26)23-25-20-14-7-8-15-21(20)28-23/h5,7-8,14-15,19,22H,1,6,9-11,13,16-17H2,2-4H3/t19-,22+/m1/s1. The number of fused-ring (bicyclic) bond motifs is 1. The largest absolute Gasteiger partial charge is 0.342 e. The van der Waals surface area contributed by atoms with Gasteiger partial charge in [0.1, 0.15) is 13.1 Å². The highest BCUT2D eigenvalue weighted by Crippen LogP contribution is 2.36. The lowest BCUT2D eigenvalue weighted by molar-refractivity contribution is -0.134. The van der Waals surface area contributed by atoms with E-state index in [1.807, 2.05) is 29.2 Å². The van der Waals surface area contributed by atoms with Crippen molar-refractivity contribution in [2.45, 2.75) is 57.7 Å². The van der Waals surface area contributed by atoms with Crippen LogP contribution in [0.4, 0.5) is 0 Å². The molecule has 2 atom stereocenters. The molecule has 0 N–H and O–H groups in total. The molecular weight excluding hydrogens is 392 g/mol. The summed E-state index contributed by atoms with van der Waals surface area (Å²) in [4.78, 5) is 20.5. The van der Waals surface area contributed by atoms with Gasteiger partial charge in [0.15, 0.2) is 0 Å². The Morgan fingerprint density at radius 2 is 2.00 bits per heavy atom. The monoisotopic (exact) mass is 424 g/mol. The quantitative estimate of drug-likeness (QED) is 0.331. The maximum absolute atomic E-state index is 13.6. The Labute approximate surface area is 180 Å². The molecule has 29 heavy (non-hydrogen) atoms. The molecule has 1 aliphatic rings. The van der Waals surface area contributed by atoms with E-state index in [1.165, 1.54) is 6.42 Å². The normalized spacial score (nSPS) is 16.7. The van der Waals surface area contributed by atoms with Crippen LogP contribution in [-0.4, -0.2) is 37.0 Å². The highest BCUT2D eigenvalue weighted by atomic mass is 32.1. The van der Waals surface area contributed by atoms with Gasteiger partial charge in [-0.1, -0.05) is 37.8 Å². The molecule has 2 heterocycles. The molecule has 3 rings (SSSR count). The van der Waals surface area contributed by atoms with Gasteiger partial charge in [-0.3, -0.25) is 4.79 Å². The summed E-state index contributed by atoms with van der Waals surface area (Å²) < 4.78 is 1.14. The predicted octanol–water partition coefficient (Wildman–Crippen LogP) is 5.86. The minimum Gasteiger partial charge on any atom is -0.342 e. The highest BCUT2D eigenvalue weighted by molar-refractivity contribution is 7.18. The number of carbonyl (C=O) groups is 1. The lowest BCUT2D eigenvalue weighted by Crippen LogP contribution is -2.40. The Kier molecular flexibility index (Phi) is 7.32. The highest BCUT2D eigenvalue weighted by Gasteiger charge is 2.34.